The average Bonchev–Trinajstić information content (AvgIpc) is 3.22. The molecule has 1 fully saturated rings. The number of hydrogen-bond donors (Lipinski definition) is 2. The number of rotatable bonds is 4. The second-order valence-electron chi connectivity index (χ2n) is 10.0. The van der Waals surface area contributed by atoms with Gasteiger partial charge in [0, 0.05) is 48.7 Å². The zero-order valence-electron chi connectivity index (χ0n) is 21.1. The third-order valence-corrected chi connectivity index (χ3v) is 6.98. The fourth-order valence-electron chi connectivity index (χ4n) is 4.25. The van der Waals surface area contributed by atoms with E-state index in [2.05, 4.69) is 24.8 Å². The minimum atomic E-state index is -1.15. The molecule has 0 spiro atoms. The van der Waals surface area contributed by atoms with Gasteiger partial charge in [-0.1, -0.05) is 42.8 Å². The van der Waals surface area contributed by atoms with Crippen molar-refractivity contribution in [3.63, 3.8) is 0 Å². The summed E-state index contributed by atoms with van der Waals surface area (Å²) < 4.78 is 0. The Bertz CT molecular complexity index is 1090. The summed E-state index contributed by atoms with van der Waals surface area (Å²) in [6, 6.07) is 15.1. The van der Waals surface area contributed by atoms with E-state index in [4.69, 9.17) is 0 Å². The Kier molecular flexibility index (Phi) is 8.69. The number of anilines is 2. The van der Waals surface area contributed by atoms with E-state index >= 15 is 0 Å². The molecule has 0 radical (unpaired) electrons. The van der Waals surface area contributed by atoms with Gasteiger partial charge < -0.3 is 20.0 Å². The molecule has 190 valence electrons. The topological polar surface area (TPSA) is 81.1 Å². The molecule has 2 aromatic carbocycles. The van der Waals surface area contributed by atoms with E-state index in [1.807, 2.05) is 35.2 Å². The number of β-amino-alcohol motifs (C(OH)–C–C–N with tert-alkyl or cyclic N) is 2. The summed E-state index contributed by atoms with van der Waals surface area (Å²) in [7, 11) is 0. The van der Waals surface area contributed by atoms with E-state index in [0.717, 1.165) is 30.0 Å². The number of nitrogens with zero attached hydrogens (tertiary/aromatic N) is 2. The van der Waals surface area contributed by atoms with Crippen molar-refractivity contribution in [2.45, 2.75) is 60.2 Å². The SMILES string of the molecule is C.CC(=O)c1cccc(N2CC(C)(O)C(C)(O)C2)c1.CC(=O)c1cccc(N2CC(C)=C(C)C2)c1. The van der Waals surface area contributed by atoms with Crippen LogP contribution in [0.4, 0.5) is 11.4 Å². The zero-order valence-corrected chi connectivity index (χ0v) is 21.1. The van der Waals surface area contributed by atoms with Crippen LogP contribution in [-0.4, -0.2) is 59.2 Å². The Hall–Kier alpha value is -2.96. The molecule has 2 aliphatic heterocycles. The molecule has 0 amide bonds. The van der Waals surface area contributed by atoms with Crippen molar-refractivity contribution in [2.24, 2.45) is 0 Å². The first kappa shape index (κ1) is 28.3. The van der Waals surface area contributed by atoms with Crippen molar-refractivity contribution < 1.29 is 19.8 Å². The molecule has 6 heteroatoms. The molecule has 0 bridgehead atoms. The van der Waals surface area contributed by atoms with Crippen LogP contribution in [0.15, 0.2) is 59.7 Å². The quantitative estimate of drug-likeness (QED) is 0.479. The first-order valence-corrected chi connectivity index (χ1v) is 11.6. The van der Waals surface area contributed by atoms with Crippen molar-refractivity contribution in [1.82, 2.24) is 0 Å². The van der Waals surface area contributed by atoms with Crippen LogP contribution in [0.2, 0.25) is 0 Å². The van der Waals surface area contributed by atoms with Gasteiger partial charge in [0.15, 0.2) is 11.6 Å². The van der Waals surface area contributed by atoms with Gasteiger partial charge in [0.05, 0.1) is 0 Å². The lowest BCUT2D eigenvalue weighted by Gasteiger charge is -2.29. The monoisotopic (exact) mass is 480 g/mol. The summed E-state index contributed by atoms with van der Waals surface area (Å²) >= 11 is 0. The molecule has 0 aliphatic carbocycles. The second-order valence-corrected chi connectivity index (χ2v) is 10.0. The van der Waals surface area contributed by atoms with Gasteiger partial charge in [-0.25, -0.2) is 0 Å². The van der Waals surface area contributed by atoms with Gasteiger partial charge in [-0.15, -0.1) is 0 Å². The largest absolute Gasteiger partial charge is 0.385 e. The number of ketones is 2. The molecular weight excluding hydrogens is 440 g/mol. The highest BCUT2D eigenvalue weighted by Gasteiger charge is 2.50. The van der Waals surface area contributed by atoms with Gasteiger partial charge in [-0.05, 0) is 65.8 Å². The van der Waals surface area contributed by atoms with Crippen LogP contribution >= 0.6 is 0 Å². The smallest absolute Gasteiger partial charge is 0.159 e. The van der Waals surface area contributed by atoms with Crippen LogP contribution in [0, 0.1) is 0 Å². The van der Waals surface area contributed by atoms with E-state index in [0.29, 0.717) is 18.7 Å². The summed E-state index contributed by atoms with van der Waals surface area (Å²) in [6.45, 7) is 13.4. The number of carbonyl (C=O) groups excluding carboxylic acids is 2. The molecule has 2 aliphatic rings. The van der Waals surface area contributed by atoms with E-state index < -0.39 is 11.2 Å². The predicted octanol–water partition coefficient (Wildman–Crippen LogP) is 4.89. The lowest BCUT2D eigenvalue weighted by atomic mass is 9.90. The van der Waals surface area contributed by atoms with Crippen molar-refractivity contribution in [3.05, 3.63) is 70.8 Å². The first-order chi connectivity index (χ1) is 15.8. The van der Waals surface area contributed by atoms with E-state index in [1.54, 1.807) is 32.9 Å². The van der Waals surface area contributed by atoms with Crippen molar-refractivity contribution in [2.75, 3.05) is 36.0 Å². The van der Waals surface area contributed by atoms with Gasteiger partial charge >= 0.3 is 0 Å². The van der Waals surface area contributed by atoms with Crippen molar-refractivity contribution in [1.29, 1.82) is 0 Å². The predicted molar refractivity (Wildman–Crippen MR) is 144 cm³/mol. The van der Waals surface area contributed by atoms with Gasteiger partial charge in [0.2, 0.25) is 0 Å². The van der Waals surface area contributed by atoms with E-state index in [9.17, 15) is 19.8 Å². The molecule has 4 rings (SSSR count). The molecule has 2 atom stereocenters. The molecule has 1 saturated heterocycles. The fourth-order valence-corrected chi connectivity index (χ4v) is 4.25. The van der Waals surface area contributed by atoms with Crippen LogP contribution < -0.4 is 9.80 Å². The number of aliphatic hydroxyl groups is 2. The van der Waals surface area contributed by atoms with Crippen LogP contribution in [0.3, 0.4) is 0 Å². The maximum absolute atomic E-state index is 11.3. The van der Waals surface area contributed by atoms with Gasteiger partial charge in [-0.2, -0.15) is 0 Å². The zero-order chi connectivity index (χ0) is 25.3. The number of hydrogen-bond acceptors (Lipinski definition) is 6. The molecule has 35 heavy (non-hydrogen) atoms. The number of Topliss-reactive ketones (excluding diaryl/α,β-unsaturated/α-hetero) is 2. The summed E-state index contributed by atoms with van der Waals surface area (Å²) in [5, 5.41) is 20.3. The molecule has 2 unspecified atom stereocenters. The van der Waals surface area contributed by atoms with Crippen LogP contribution in [0.25, 0.3) is 0 Å². The van der Waals surface area contributed by atoms with Crippen molar-refractivity contribution in [3.8, 4) is 0 Å². The minimum Gasteiger partial charge on any atom is -0.385 e. The lowest BCUT2D eigenvalue weighted by molar-refractivity contribution is -0.0935. The molecule has 2 heterocycles. The minimum absolute atomic E-state index is 0. The molecule has 0 saturated carbocycles. The molecule has 0 aromatic heterocycles. The third kappa shape index (κ3) is 6.38. The highest BCUT2D eigenvalue weighted by atomic mass is 16.4. The standard InChI is InChI=1S/C14H19NO3.C14H17NO.CH4/c1-10(16)11-5-4-6-12(7-11)15-8-13(2,17)14(3,18)9-15;1-10-8-15(9-11(10)2)14-6-4-5-13(7-14)12(3)16;/h4-7,17-18H,8-9H2,1-3H3;4-7H,8-9H2,1-3H3;1H4. The van der Waals surface area contributed by atoms with Gasteiger partial charge in [-0.3, -0.25) is 9.59 Å². The molecular formula is C29H40N2O4. The summed E-state index contributed by atoms with van der Waals surface area (Å²) in [5.74, 6) is 0.136. The summed E-state index contributed by atoms with van der Waals surface area (Å²) in [6.07, 6.45) is 0. The van der Waals surface area contributed by atoms with E-state index in [-0.39, 0.29) is 19.0 Å². The summed E-state index contributed by atoms with van der Waals surface area (Å²) in [4.78, 5) is 26.9. The molecule has 2 N–H and O–H groups in total. The fraction of sp³-hybridized carbons (Fsp3) is 0.448. The van der Waals surface area contributed by atoms with Crippen LogP contribution in [0.5, 0.6) is 0 Å². The number of benzene rings is 2. The van der Waals surface area contributed by atoms with Gasteiger partial charge in [0.1, 0.15) is 11.2 Å². The molecule has 6 nitrogen and oxygen atoms in total. The Morgan fingerprint density at radius 3 is 1.49 bits per heavy atom. The maximum Gasteiger partial charge on any atom is 0.159 e. The van der Waals surface area contributed by atoms with Gasteiger partial charge in [0.25, 0.3) is 0 Å². The highest BCUT2D eigenvalue weighted by molar-refractivity contribution is 5.95. The maximum atomic E-state index is 11.3. The number of carbonyl (C=O) groups is 2. The second kappa shape index (κ2) is 10.8. The normalized spacial score (nSPS) is 23.5. The Balaban J connectivity index is 0.000000241. The third-order valence-electron chi connectivity index (χ3n) is 6.98. The first-order valence-electron chi connectivity index (χ1n) is 11.6. The lowest BCUT2D eigenvalue weighted by Crippen LogP contribution is -2.48. The Labute approximate surface area is 209 Å². The van der Waals surface area contributed by atoms with E-state index in [1.165, 1.54) is 18.1 Å². The Morgan fingerprint density at radius 1 is 0.743 bits per heavy atom. The highest BCUT2D eigenvalue weighted by Crippen LogP contribution is 2.34. The van der Waals surface area contributed by atoms with Crippen LogP contribution in [0.1, 0.15) is 69.7 Å². The van der Waals surface area contributed by atoms with Crippen LogP contribution in [-0.2, 0) is 0 Å². The molecule has 2 aromatic rings. The average molecular weight is 481 g/mol. The Morgan fingerprint density at radius 2 is 1.11 bits per heavy atom. The summed E-state index contributed by atoms with van der Waals surface area (Å²) in [5.41, 5.74) is 3.99. The van der Waals surface area contributed by atoms with Crippen molar-refractivity contribution >= 4 is 22.9 Å².